The minimum absolute atomic E-state index is 0.161. The van der Waals surface area contributed by atoms with Crippen molar-refractivity contribution >= 4 is 40.1 Å². The quantitative estimate of drug-likeness (QED) is 0.325. The number of aromatic nitrogens is 2. The summed E-state index contributed by atoms with van der Waals surface area (Å²) in [4.78, 5) is 32.3. The molecule has 0 spiro atoms. The van der Waals surface area contributed by atoms with Gasteiger partial charge in [-0.25, -0.2) is 4.98 Å². The van der Waals surface area contributed by atoms with Crippen molar-refractivity contribution < 1.29 is 14.0 Å². The molecule has 0 aliphatic rings. The number of fused-ring (bicyclic) bond motifs is 1. The smallest absolute Gasteiger partial charge is 0.234 e. The minimum atomic E-state index is -0.235. The zero-order valence-electron chi connectivity index (χ0n) is 16.7. The Kier molecular flexibility index (Phi) is 5.72. The highest BCUT2D eigenvalue weighted by molar-refractivity contribution is 7.99. The molecule has 30 heavy (non-hydrogen) atoms. The van der Waals surface area contributed by atoms with Crippen LogP contribution in [0, 0.1) is 6.92 Å². The summed E-state index contributed by atoms with van der Waals surface area (Å²) in [7, 11) is 0. The largest absolute Gasteiger partial charge is 0.451 e. The topological polar surface area (TPSA) is 88.0 Å². The van der Waals surface area contributed by atoms with E-state index in [1.165, 1.54) is 24.2 Å². The Morgan fingerprint density at radius 1 is 1.10 bits per heavy atom. The third kappa shape index (κ3) is 4.31. The maximum absolute atomic E-state index is 12.6. The van der Waals surface area contributed by atoms with Crippen LogP contribution in [0.1, 0.15) is 34.4 Å². The van der Waals surface area contributed by atoms with Gasteiger partial charge >= 0.3 is 0 Å². The van der Waals surface area contributed by atoms with E-state index in [4.69, 9.17) is 4.42 Å². The van der Waals surface area contributed by atoms with Crippen LogP contribution in [-0.2, 0) is 11.2 Å². The molecule has 0 saturated carbocycles. The molecule has 4 rings (SSSR count). The number of Topliss-reactive ketones (excluding diaryl/α,β-unsaturated/α-hetero) is 1. The van der Waals surface area contributed by atoms with Gasteiger partial charge in [0.25, 0.3) is 0 Å². The highest BCUT2D eigenvalue weighted by atomic mass is 32.2. The molecular weight excluding hydrogens is 398 g/mol. The molecule has 152 valence electrons. The number of carbonyl (C=O) groups excluding carboxylic acids is 2. The molecule has 6 nitrogen and oxygen atoms in total. The molecule has 0 aliphatic heterocycles. The molecule has 1 amide bonds. The van der Waals surface area contributed by atoms with E-state index in [0.29, 0.717) is 21.8 Å². The van der Waals surface area contributed by atoms with Gasteiger partial charge in [0.15, 0.2) is 16.7 Å². The Morgan fingerprint density at radius 3 is 2.60 bits per heavy atom. The van der Waals surface area contributed by atoms with Crippen LogP contribution in [-0.4, -0.2) is 27.4 Å². The molecular formula is C23H21N3O3S. The average molecular weight is 420 g/mol. The van der Waals surface area contributed by atoms with E-state index in [2.05, 4.69) is 27.4 Å². The van der Waals surface area contributed by atoms with Crippen LogP contribution in [0.25, 0.3) is 11.0 Å². The van der Waals surface area contributed by atoms with Crippen LogP contribution >= 0.6 is 11.8 Å². The zero-order chi connectivity index (χ0) is 21.1. The molecule has 0 aliphatic carbocycles. The molecule has 0 radical (unpaired) electrons. The Morgan fingerprint density at radius 2 is 1.83 bits per heavy atom. The number of benzene rings is 2. The monoisotopic (exact) mass is 419 g/mol. The lowest BCUT2D eigenvalue weighted by Gasteiger charge is -2.04. The molecule has 4 aromatic rings. The molecule has 0 unspecified atom stereocenters. The molecule has 7 heteroatoms. The summed E-state index contributed by atoms with van der Waals surface area (Å²) < 4.78 is 5.61. The summed E-state index contributed by atoms with van der Waals surface area (Å²) in [6, 6.07) is 17.4. The van der Waals surface area contributed by atoms with Gasteiger partial charge in [-0.1, -0.05) is 54.2 Å². The van der Waals surface area contributed by atoms with Crippen molar-refractivity contribution in [3.05, 3.63) is 77.3 Å². The van der Waals surface area contributed by atoms with E-state index < -0.39 is 0 Å². The fourth-order valence-electron chi connectivity index (χ4n) is 3.22. The second-order valence-corrected chi connectivity index (χ2v) is 7.94. The first-order valence-corrected chi connectivity index (χ1v) is 10.5. The molecule has 2 aromatic carbocycles. The Bertz CT molecular complexity index is 1210. The number of thioether (sulfide) groups is 1. The molecule has 2 heterocycles. The molecule has 2 aromatic heterocycles. The molecule has 0 saturated heterocycles. The molecule has 0 bridgehead atoms. The number of aromatic amines is 1. The van der Waals surface area contributed by atoms with Gasteiger partial charge in [-0.15, -0.1) is 0 Å². The predicted molar refractivity (Wildman–Crippen MR) is 118 cm³/mol. The third-order valence-corrected chi connectivity index (χ3v) is 5.57. The van der Waals surface area contributed by atoms with E-state index >= 15 is 0 Å². The van der Waals surface area contributed by atoms with Crippen molar-refractivity contribution in [3.8, 4) is 0 Å². The number of imidazole rings is 1. The SMILES string of the molecule is CC(=O)c1oc2ccccc2c1NC(=O)CSc1nc(Cc2ccccc2)c(C)[nH]1. The van der Waals surface area contributed by atoms with Crippen LogP contribution in [0.15, 0.2) is 64.2 Å². The standard InChI is InChI=1S/C23H21N3O3S/c1-14-18(12-16-8-4-3-5-9-16)25-23(24-14)30-13-20(28)26-21-17-10-6-7-11-19(17)29-22(21)15(2)27/h3-11H,12-13H2,1-2H3,(H,24,25)(H,26,28). The number of ketones is 1. The van der Waals surface area contributed by atoms with Crippen molar-refractivity contribution in [2.75, 3.05) is 11.1 Å². The summed E-state index contributed by atoms with van der Waals surface area (Å²) in [5.41, 5.74) is 4.12. The number of hydrogen-bond donors (Lipinski definition) is 2. The van der Waals surface area contributed by atoms with Crippen molar-refractivity contribution in [3.63, 3.8) is 0 Å². The lowest BCUT2D eigenvalue weighted by atomic mass is 10.1. The zero-order valence-corrected chi connectivity index (χ0v) is 17.5. The van der Waals surface area contributed by atoms with E-state index in [9.17, 15) is 9.59 Å². The van der Waals surface area contributed by atoms with E-state index in [1.807, 2.05) is 43.3 Å². The van der Waals surface area contributed by atoms with E-state index in [-0.39, 0.29) is 23.2 Å². The molecule has 2 N–H and O–H groups in total. The summed E-state index contributed by atoms with van der Waals surface area (Å²) >= 11 is 1.32. The second kappa shape index (κ2) is 8.59. The summed E-state index contributed by atoms with van der Waals surface area (Å²) in [5, 5.41) is 4.23. The number of hydrogen-bond acceptors (Lipinski definition) is 5. The number of rotatable bonds is 7. The first kappa shape index (κ1) is 20.0. The highest BCUT2D eigenvalue weighted by Crippen LogP contribution is 2.31. The van der Waals surface area contributed by atoms with Gasteiger partial charge in [0.1, 0.15) is 5.58 Å². The van der Waals surface area contributed by atoms with Gasteiger partial charge in [-0.2, -0.15) is 0 Å². The predicted octanol–water partition coefficient (Wildman–Crippen LogP) is 4.99. The molecule has 0 fully saturated rings. The third-order valence-electron chi connectivity index (χ3n) is 4.70. The lowest BCUT2D eigenvalue weighted by Crippen LogP contribution is -2.15. The van der Waals surface area contributed by atoms with Gasteiger partial charge in [-0.05, 0) is 24.6 Å². The van der Waals surface area contributed by atoms with Crippen LogP contribution in [0.4, 0.5) is 5.69 Å². The van der Waals surface area contributed by atoms with Gasteiger partial charge in [-0.3, -0.25) is 9.59 Å². The number of para-hydroxylation sites is 1. The summed E-state index contributed by atoms with van der Waals surface area (Å²) in [6.45, 7) is 3.40. The first-order valence-electron chi connectivity index (χ1n) is 9.56. The number of carbonyl (C=O) groups is 2. The van der Waals surface area contributed by atoms with Gasteiger partial charge in [0.05, 0.1) is 17.1 Å². The Hall–Kier alpha value is -3.32. The summed E-state index contributed by atoms with van der Waals surface area (Å²) in [5.74, 6) is -0.142. The number of furan rings is 1. The fourth-order valence-corrected chi connectivity index (χ4v) is 3.96. The van der Waals surface area contributed by atoms with Crippen LogP contribution in [0.5, 0.6) is 0 Å². The van der Waals surface area contributed by atoms with Crippen LogP contribution < -0.4 is 5.32 Å². The maximum Gasteiger partial charge on any atom is 0.234 e. The average Bonchev–Trinajstić information content (AvgIpc) is 3.28. The van der Waals surface area contributed by atoms with Crippen molar-refractivity contribution in [1.82, 2.24) is 9.97 Å². The number of amides is 1. The normalized spacial score (nSPS) is 11.0. The summed E-state index contributed by atoms with van der Waals surface area (Å²) in [6.07, 6.45) is 0.735. The van der Waals surface area contributed by atoms with Crippen molar-refractivity contribution in [2.24, 2.45) is 0 Å². The van der Waals surface area contributed by atoms with Crippen molar-refractivity contribution in [1.29, 1.82) is 0 Å². The number of anilines is 1. The van der Waals surface area contributed by atoms with E-state index in [0.717, 1.165) is 17.8 Å². The van der Waals surface area contributed by atoms with Gasteiger partial charge < -0.3 is 14.7 Å². The maximum atomic E-state index is 12.6. The first-order chi connectivity index (χ1) is 14.5. The van der Waals surface area contributed by atoms with Crippen molar-refractivity contribution in [2.45, 2.75) is 25.4 Å². The second-order valence-electron chi connectivity index (χ2n) is 6.97. The van der Waals surface area contributed by atoms with Crippen LogP contribution in [0.3, 0.4) is 0 Å². The lowest BCUT2D eigenvalue weighted by molar-refractivity contribution is -0.113. The van der Waals surface area contributed by atoms with Gasteiger partial charge in [0.2, 0.25) is 5.91 Å². The molecule has 0 atom stereocenters. The van der Waals surface area contributed by atoms with E-state index in [1.54, 1.807) is 6.07 Å². The number of nitrogens with one attached hydrogen (secondary N) is 2. The Labute approximate surface area is 178 Å². The highest BCUT2D eigenvalue weighted by Gasteiger charge is 2.20. The number of aryl methyl sites for hydroxylation is 1. The van der Waals surface area contributed by atoms with Crippen LogP contribution in [0.2, 0.25) is 0 Å². The number of nitrogens with zero attached hydrogens (tertiary/aromatic N) is 1. The van der Waals surface area contributed by atoms with Gasteiger partial charge in [0, 0.05) is 24.4 Å². The number of H-pyrrole nitrogens is 1. The fraction of sp³-hybridized carbons (Fsp3) is 0.174. The minimum Gasteiger partial charge on any atom is -0.451 e. The Balaban J connectivity index is 1.44.